The van der Waals surface area contributed by atoms with Crippen LogP contribution < -0.4 is 5.32 Å². The van der Waals surface area contributed by atoms with Crippen LogP contribution in [0, 0.1) is 10.8 Å². The van der Waals surface area contributed by atoms with Crippen LogP contribution in [0.25, 0.3) is 0 Å². The number of carbonyl (C=O) groups is 1. The molecule has 2 aliphatic carbocycles. The van der Waals surface area contributed by atoms with Crippen molar-refractivity contribution in [3.63, 3.8) is 0 Å². The quantitative estimate of drug-likeness (QED) is 0.926. The monoisotopic (exact) mass is 301 g/mol. The number of carbonyl (C=O) groups excluding carboxylic acids is 1. The summed E-state index contributed by atoms with van der Waals surface area (Å²) in [7, 11) is 0. The highest BCUT2D eigenvalue weighted by Gasteiger charge is 2.39. The van der Waals surface area contributed by atoms with Crippen molar-refractivity contribution >= 4 is 5.91 Å². The van der Waals surface area contributed by atoms with Crippen LogP contribution in [-0.4, -0.2) is 21.9 Å². The van der Waals surface area contributed by atoms with Gasteiger partial charge in [0.15, 0.2) is 0 Å². The first-order valence-corrected chi connectivity index (χ1v) is 8.38. The second kappa shape index (κ2) is 5.32. The van der Waals surface area contributed by atoms with Crippen molar-refractivity contribution in [1.82, 2.24) is 15.3 Å². The van der Waals surface area contributed by atoms with Crippen molar-refractivity contribution in [3.8, 4) is 0 Å². The van der Waals surface area contributed by atoms with Crippen LogP contribution in [0.5, 0.6) is 0 Å². The molecule has 0 atom stereocenters. The van der Waals surface area contributed by atoms with Crippen molar-refractivity contribution in [2.24, 2.45) is 10.8 Å². The van der Waals surface area contributed by atoms with E-state index in [1.54, 1.807) is 12.3 Å². The second-order valence-electron chi connectivity index (χ2n) is 8.66. The first-order chi connectivity index (χ1) is 10.2. The van der Waals surface area contributed by atoms with Gasteiger partial charge in [-0.25, -0.2) is 9.97 Å². The van der Waals surface area contributed by atoms with E-state index in [0.29, 0.717) is 11.6 Å². The Kier molecular flexibility index (Phi) is 3.74. The predicted octanol–water partition coefficient (Wildman–Crippen LogP) is 3.69. The first-order valence-electron chi connectivity index (χ1n) is 8.38. The van der Waals surface area contributed by atoms with Crippen molar-refractivity contribution in [2.75, 3.05) is 0 Å². The molecule has 1 heterocycles. The maximum Gasteiger partial charge on any atom is 0.270 e. The molecule has 120 valence electrons. The van der Waals surface area contributed by atoms with E-state index in [2.05, 4.69) is 43.0 Å². The predicted molar refractivity (Wildman–Crippen MR) is 86.7 cm³/mol. The Morgan fingerprint density at radius 1 is 1.18 bits per heavy atom. The maximum absolute atomic E-state index is 12.5. The van der Waals surface area contributed by atoms with Crippen LogP contribution >= 0.6 is 0 Å². The average Bonchev–Trinajstić information content (AvgIpc) is 3.19. The topological polar surface area (TPSA) is 54.9 Å². The number of amides is 1. The minimum atomic E-state index is -0.0530. The van der Waals surface area contributed by atoms with Gasteiger partial charge in [-0.15, -0.1) is 0 Å². The molecule has 1 aromatic heterocycles. The molecule has 1 N–H and O–H groups in total. The van der Waals surface area contributed by atoms with Gasteiger partial charge in [0.25, 0.3) is 5.91 Å². The second-order valence-corrected chi connectivity index (χ2v) is 8.66. The SMILES string of the molecule is CC1(C)CC(NC(=O)c2ccnc(C3CC3)n2)CC(C)(C)C1. The number of hydrogen-bond acceptors (Lipinski definition) is 3. The molecular weight excluding hydrogens is 274 g/mol. The molecule has 1 amide bonds. The van der Waals surface area contributed by atoms with Gasteiger partial charge in [-0.3, -0.25) is 4.79 Å². The lowest BCUT2D eigenvalue weighted by atomic mass is 9.63. The summed E-state index contributed by atoms with van der Waals surface area (Å²) < 4.78 is 0. The molecule has 3 rings (SSSR count). The van der Waals surface area contributed by atoms with Crippen LogP contribution in [0.2, 0.25) is 0 Å². The summed E-state index contributed by atoms with van der Waals surface area (Å²) in [6.07, 6.45) is 7.27. The highest BCUT2D eigenvalue weighted by molar-refractivity contribution is 5.92. The summed E-state index contributed by atoms with van der Waals surface area (Å²) in [6.45, 7) is 9.18. The van der Waals surface area contributed by atoms with Crippen LogP contribution in [0.4, 0.5) is 0 Å². The van der Waals surface area contributed by atoms with E-state index in [9.17, 15) is 4.79 Å². The lowest BCUT2D eigenvalue weighted by Gasteiger charge is -2.45. The average molecular weight is 301 g/mol. The maximum atomic E-state index is 12.5. The summed E-state index contributed by atoms with van der Waals surface area (Å²) in [6, 6.07) is 1.95. The summed E-state index contributed by atoms with van der Waals surface area (Å²) in [5.74, 6) is 1.25. The Balaban J connectivity index is 1.69. The Morgan fingerprint density at radius 2 is 1.82 bits per heavy atom. The summed E-state index contributed by atoms with van der Waals surface area (Å²) >= 11 is 0. The zero-order valence-corrected chi connectivity index (χ0v) is 14.1. The van der Waals surface area contributed by atoms with Crippen molar-refractivity contribution < 1.29 is 4.79 Å². The fraction of sp³-hybridized carbons (Fsp3) is 0.722. The van der Waals surface area contributed by atoms with E-state index in [-0.39, 0.29) is 22.8 Å². The number of nitrogens with one attached hydrogen (secondary N) is 1. The number of rotatable bonds is 3. The van der Waals surface area contributed by atoms with Crippen molar-refractivity contribution in [3.05, 3.63) is 23.8 Å². The smallest absolute Gasteiger partial charge is 0.270 e. The van der Waals surface area contributed by atoms with E-state index in [1.807, 2.05) is 0 Å². The highest BCUT2D eigenvalue weighted by atomic mass is 16.1. The third-order valence-corrected chi connectivity index (χ3v) is 4.74. The van der Waals surface area contributed by atoms with Gasteiger partial charge in [0, 0.05) is 18.2 Å². The third-order valence-electron chi connectivity index (χ3n) is 4.74. The third kappa shape index (κ3) is 3.65. The lowest BCUT2D eigenvalue weighted by molar-refractivity contribution is 0.0710. The Labute approximate surface area is 133 Å². The minimum absolute atomic E-state index is 0.0530. The molecule has 4 nitrogen and oxygen atoms in total. The molecule has 1 aromatic rings. The molecule has 0 unspecified atom stereocenters. The van der Waals surface area contributed by atoms with Gasteiger partial charge in [-0.2, -0.15) is 0 Å². The van der Waals surface area contributed by atoms with Gasteiger partial charge < -0.3 is 5.32 Å². The molecule has 0 spiro atoms. The number of nitrogens with zero attached hydrogens (tertiary/aromatic N) is 2. The largest absolute Gasteiger partial charge is 0.348 e. The normalized spacial score (nSPS) is 24.0. The van der Waals surface area contributed by atoms with Crippen LogP contribution in [0.1, 0.15) is 82.0 Å². The van der Waals surface area contributed by atoms with Gasteiger partial charge in [0.2, 0.25) is 0 Å². The highest BCUT2D eigenvalue weighted by Crippen LogP contribution is 2.45. The molecular formula is C18H27N3O. The van der Waals surface area contributed by atoms with Gasteiger partial charge in [-0.05, 0) is 49.0 Å². The van der Waals surface area contributed by atoms with Gasteiger partial charge >= 0.3 is 0 Å². The fourth-order valence-corrected chi connectivity index (χ4v) is 4.25. The van der Waals surface area contributed by atoms with E-state index in [0.717, 1.165) is 31.5 Å². The van der Waals surface area contributed by atoms with E-state index >= 15 is 0 Å². The van der Waals surface area contributed by atoms with Gasteiger partial charge in [-0.1, -0.05) is 27.7 Å². The van der Waals surface area contributed by atoms with Crippen LogP contribution in [0.15, 0.2) is 12.3 Å². The lowest BCUT2D eigenvalue weighted by Crippen LogP contribution is -2.46. The molecule has 22 heavy (non-hydrogen) atoms. The Bertz CT molecular complexity index is 559. The van der Waals surface area contributed by atoms with E-state index in [1.165, 1.54) is 6.42 Å². The zero-order valence-electron chi connectivity index (χ0n) is 14.1. The number of hydrogen-bond donors (Lipinski definition) is 1. The van der Waals surface area contributed by atoms with E-state index in [4.69, 9.17) is 0 Å². The standard InChI is InChI=1S/C18H27N3O/c1-17(2)9-13(10-18(3,4)11-17)20-16(22)14-7-8-19-15(21-14)12-5-6-12/h7-8,12-13H,5-6,9-11H2,1-4H3,(H,20,22). The molecule has 2 aliphatic rings. The fourth-order valence-electron chi connectivity index (χ4n) is 4.25. The molecule has 2 fully saturated rings. The molecule has 0 bridgehead atoms. The zero-order chi connectivity index (χ0) is 16.0. The first kappa shape index (κ1) is 15.4. The number of aromatic nitrogens is 2. The molecule has 0 aliphatic heterocycles. The van der Waals surface area contributed by atoms with E-state index < -0.39 is 0 Å². The molecule has 0 saturated heterocycles. The van der Waals surface area contributed by atoms with Crippen LogP contribution in [-0.2, 0) is 0 Å². The summed E-state index contributed by atoms with van der Waals surface area (Å²) in [5.41, 5.74) is 1.05. The van der Waals surface area contributed by atoms with Gasteiger partial charge in [0.05, 0.1) is 0 Å². The molecule has 2 saturated carbocycles. The molecule has 0 radical (unpaired) electrons. The van der Waals surface area contributed by atoms with Crippen molar-refractivity contribution in [2.45, 2.75) is 71.8 Å². The summed E-state index contributed by atoms with van der Waals surface area (Å²) in [4.78, 5) is 21.3. The molecule has 0 aromatic carbocycles. The van der Waals surface area contributed by atoms with Crippen LogP contribution in [0.3, 0.4) is 0 Å². The van der Waals surface area contributed by atoms with Crippen molar-refractivity contribution in [1.29, 1.82) is 0 Å². The Morgan fingerprint density at radius 3 is 2.41 bits per heavy atom. The Hall–Kier alpha value is -1.45. The molecule has 4 heteroatoms. The summed E-state index contributed by atoms with van der Waals surface area (Å²) in [5, 5.41) is 3.20. The minimum Gasteiger partial charge on any atom is -0.348 e. The van der Waals surface area contributed by atoms with Gasteiger partial charge in [0.1, 0.15) is 11.5 Å².